The second-order valence-electron chi connectivity index (χ2n) is 3.71. The first-order valence-electron chi connectivity index (χ1n) is 5.07. The standard InChI is InChI=1S/C12H13NO2/c1-3-13-7-11-9(8(2)14)5-4-6-10(11)12(13)15/h4-6H,3,7H2,1-2H3. The Morgan fingerprint density at radius 2 is 2.20 bits per heavy atom. The summed E-state index contributed by atoms with van der Waals surface area (Å²) in [5.74, 6) is 0.0632. The molecule has 1 aliphatic heterocycles. The van der Waals surface area contributed by atoms with Gasteiger partial charge in [-0.1, -0.05) is 12.1 Å². The number of hydrogen-bond acceptors (Lipinski definition) is 2. The molecular formula is C12H13NO2. The van der Waals surface area contributed by atoms with Gasteiger partial charge in [-0.25, -0.2) is 0 Å². The maximum absolute atomic E-state index is 11.8. The van der Waals surface area contributed by atoms with E-state index in [1.165, 1.54) is 6.92 Å². The molecule has 0 radical (unpaired) electrons. The van der Waals surface area contributed by atoms with Crippen LogP contribution in [0.5, 0.6) is 0 Å². The highest BCUT2D eigenvalue weighted by molar-refractivity contribution is 6.04. The molecule has 15 heavy (non-hydrogen) atoms. The van der Waals surface area contributed by atoms with Crippen LogP contribution in [0.4, 0.5) is 0 Å². The second-order valence-corrected chi connectivity index (χ2v) is 3.71. The molecule has 0 unspecified atom stereocenters. The molecule has 0 saturated carbocycles. The molecule has 0 spiro atoms. The lowest BCUT2D eigenvalue weighted by Crippen LogP contribution is -2.22. The Morgan fingerprint density at radius 3 is 2.80 bits per heavy atom. The van der Waals surface area contributed by atoms with Crippen LogP contribution in [0.1, 0.15) is 40.1 Å². The molecule has 0 bridgehead atoms. The fourth-order valence-electron chi connectivity index (χ4n) is 1.98. The predicted molar refractivity (Wildman–Crippen MR) is 56.9 cm³/mol. The van der Waals surface area contributed by atoms with Gasteiger partial charge in [-0.05, 0) is 25.5 Å². The van der Waals surface area contributed by atoms with Crippen molar-refractivity contribution in [1.29, 1.82) is 0 Å². The van der Waals surface area contributed by atoms with Crippen LogP contribution in [-0.2, 0) is 6.54 Å². The zero-order chi connectivity index (χ0) is 11.0. The number of Topliss-reactive ketones (excluding diaryl/α,β-unsaturated/α-hetero) is 1. The van der Waals surface area contributed by atoms with Crippen LogP contribution in [-0.4, -0.2) is 23.1 Å². The molecule has 1 amide bonds. The van der Waals surface area contributed by atoms with Gasteiger partial charge in [-0.2, -0.15) is 0 Å². The van der Waals surface area contributed by atoms with Crippen molar-refractivity contribution in [3.8, 4) is 0 Å². The van der Waals surface area contributed by atoms with Crippen LogP contribution in [0, 0.1) is 0 Å². The van der Waals surface area contributed by atoms with Crippen molar-refractivity contribution in [1.82, 2.24) is 4.90 Å². The Balaban J connectivity index is 2.53. The Morgan fingerprint density at radius 1 is 1.47 bits per heavy atom. The lowest BCUT2D eigenvalue weighted by atomic mass is 10.0. The molecular weight excluding hydrogens is 190 g/mol. The van der Waals surface area contributed by atoms with Crippen molar-refractivity contribution in [2.75, 3.05) is 6.54 Å². The smallest absolute Gasteiger partial charge is 0.254 e. The van der Waals surface area contributed by atoms with E-state index in [-0.39, 0.29) is 11.7 Å². The minimum Gasteiger partial charge on any atom is -0.335 e. The Kier molecular flexibility index (Phi) is 2.31. The summed E-state index contributed by atoms with van der Waals surface area (Å²) in [4.78, 5) is 24.9. The normalized spacial score (nSPS) is 14.3. The minimum atomic E-state index is 0.0256. The highest BCUT2D eigenvalue weighted by atomic mass is 16.2. The summed E-state index contributed by atoms with van der Waals surface area (Å²) in [6.45, 7) is 4.73. The maximum atomic E-state index is 11.8. The molecule has 1 heterocycles. The number of amides is 1. The molecule has 0 atom stereocenters. The second kappa shape index (κ2) is 3.50. The van der Waals surface area contributed by atoms with Gasteiger partial charge in [0.25, 0.3) is 5.91 Å². The molecule has 1 aromatic rings. The van der Waals surface area contributed by atoms with Gasteiger partial charge in [-0.3, -0.25) is 9.59 Å². The quantitative estimate of drug-likeness (QED) is 0.688. The number of ketones is 1. The Labute approximate surface area is 88.7 Å². The van der Waals surface area contributed by atoms with Crippen LogP contribution >= 0.6 is 0 Å². The average Bonchev–Trinajstić information content (AvgIpc) is 2.55. The molecule has 0 saturated heterocycles. The number of nitrogens with zero attached hydrogens (tertiary/aromatic N) is 1. The van der Waals surface area contributed by atoms with Gasteiger partial charge >= 0.3 is 0 Å². The molecule has 1 aromatic carbocycles. The van der Waals surface area contributed by atoms with E-state index in [4.69, 9.17) is 0 Å². The van der Waals surface area contributed by atoms with Crippen LogP contribution in [0.25, 0.3) is 0 Å². The summed E-state index contributed by atoms with van der Waals surface area (Å²) < 4.78 is 0. The van der Waals surface area contributed by atoms with E-state index in [9.17, 15) is 9.59 Å². The molecule has 78 valence electrons. The van der Waals surface area contributed by atoms with Crippen molar-refractivity contribution in [2.45, 2.75) is 20.4 Å². The molecule has 2 rings (SSSR count). The van der Waals surface area contributed by atoms with E-state index in [1.54, 1.807) is 23.1 Å². The van der Waals surface area contributed by atoms with Crippen molar-refractivity contribution < 1.29 is 9.59 Å². The van der Waals surface area contributed by atoms with E-state index < -0.39 is 0 Å². The summed E-state index contributed by atoms with van der Waals surface area (Å²) >= 11 is 0. The third-order valence-corrected chi connectivity index (χ3v) is 2.80. The summed E-state index contributed by atoms with van der Waals surface area (Å²) in [5, 5.41) is 0. The Bertz CT molecular complexity index is 437. The lowest BCUT2D eigenvalue weighted by Gasteiger charge is -2.11. The summed E-state index contributed by atoms with van der Waals surface area (Å²) in [6.07, 6.45) is 0. The topological polar surface area (TPSA) is 37.4 Å². The first kappa shape index (κ1) is 9.90. The molecule has 0 aromatic heterocycles. The monoisotopic (exact) mass is 203 g/mol. The van der Waals surface area contributed by atoms with Gasteiger partial charge in [0, 0.05) is 24.2 Å². The highest BCUT2D eigenvalue weighted by Crippen LogP contribution is 2.25. The van der Waals surface area contributed by atoms with Gasteiger partial charge in [0.2, 0.25) is 0 Å². The summed E-state index contributed by atoms with van der Waals surface area (Å²) in [6, 6.07) is 5.35. The third kappa shape index (κ3) is 1.44. The van der Waals surface area contributed by atoms with E-state index in [1.807, 2.05) is 6.92 Å². The fraction of sp³-hybridized carbons (Fsp3) is 0.333. The van der Waals surface area contributed by atoms with E-state index in [0.29, 0.717) is 24.2 Å². The number of hydrogen-bond donors (Lipinski definition) is 0. The number of carbonyl (C=O) groups is 2. The van der Waals surface area contributed by atoms with Crippen LogP contribution < -0.4 is 0 Å². The molecule has 0 aliphatic carbocycles. The van der Waals surface area contributed by atoms with Gasteiger partial charge in [0.05, 0.1) is 0 Å². The largest absolute Gasteiger partial charge is 0.335 e. The number of carbonyl (C=O) groups excluding carboxylic acids is 2. The SMILES string of the molecule is CCN1Cc2c(C(C)=O)cccc2C1=O. The predicted octanol–water partition coefficient (Wildman–Crippen LogP) is 1.86. The number of fused-ring (bicyclic) bond motifs is 1. The highest BCUT2D eigenvalue weighted by Gasteiger charge is 2.28. The van der Waals surface area contributed by atoms with Crippen molar-refractivity contribution in [3.05, 3.63) is 34.9 Å². The Hall–Kier alpha value is -1.64. The average molecular weight is 203 g/mol. The van der Waals surface area contributed by atoms with Crippen molar-refractivity contribution in [3.63, 3.8) is 0 Å². The molecule has 0 N–H and O–H groups in total. The number of benzene rings is 1. The van der Waals surface area contributed by atoms with Crippen LogP contribution in [0.15, 0.2) is 18.2 Å². The number of rotatable bonds is 2. The maximum Gasteiger partial charge on any atom is 0.254 e. The van der Waals surface area contributed by atoms with Gasteiger partial charge in [0.1, 0.15) is 0 Å². The zero-order valence-electron chi connectivity index (χ0n) is 8.91. The third-order valence-electron chi connectivity index (χ3n) is 2.80. The van der Waals surface area contributed by atoms with Gasteiger partial charge in [0.15, 0.2) is 5.78 Å². The van der Waals surface area contributed by atoms with Gasteiger partial charge in [-0.15, -0.1) is 0 Å². The van der Waals surface area contributed by atoms with E-state index >= 15 is 0 Å². The van der Waals surface area contributed by atoms with E-state index in [0.717, 1.165) is 5.56 Å². The molecule has 3 heteroatoms. The lowest BCUT2D eigenvalue weighted by molar-refractivity contribution is 0.0786. The van der Waals surface area contributed by atoms with Crippen LogP contribution in [0.2, 0.25) is 0 Å². The molecule has 0 fully saturated rings. The van der Waals surface area contributed by atoms with Crippen LogP contribution in [0.3, 0.4) is 0 Å². The summed E-state index contributed by atoms with van der Waals surface area (Å²) in [7, 11) is 0. The first-order chi connectivity index (χ1) is 7.15. The van der Waals surface area contributed by atoms with Gasteiger partial charge < -0.3 is 4.90 Å². The molecule has 3 nitrogen and oxygen atoms in total. The first-order valence-corrected chi connectivity index (χ1v) is 5.07. The minimum absolute atomic E-state index is 0.0256. The summed E-state index contributed by atoms with van der Waals surface area (Å²) in [5.41, 5.74) is 2.25. The molecule has 1 aliphatic rings. The fourth-order valence-corrected chi connectivity index (χ4v) is 1.98. The van der Waals surface area contributed by atoms with E-state index in [2.05, 4.69) is 0 Å². The zero-order valence-corrected chi connectivity index (χ0v) is 8.91. The van der Waals surface area contributed by atoms with Crippen molar-refractivity contribution >= 4 is 11.7 Å². The van der Waals surface area contributed by atoms with Crippen molar-refractivity contribution in [2.24, 2.45) is 0 Å².